The maximum absolute atomic E-state index is 11.7. The zero-order chi connectivity index (χ0) is 18.5. The first-order chi connectivity index (χ1) is 11.4. The molecular weight excluding hydrogens is 316 g/mol. The molecule has 0 bridgehead atoms. The summed E-state index contributed by atoms with van der Waals surface area (Å²) in [6.45, 7) is 6.30. The number of carbonyl (C=O) groups is 2. The second-order valence-corrected chi connectivity index (χ2v) is 4.54. The normalized spacial score (nSPS) is 9.67. The molecule has 0 heterocycles. The van der Waals surface area contributed by atoms with Crippen molar-refractivity contribution in [3.63, 3.8) is 0 Å². The van der Waals surface area contributed by atoms with Crippen molar-refractivity contribution in [2.24, 2.45) is 0 Å². The van der Waals surface area contributed by atoms with Gasteiger partial charge in [0.1, 0.15) is 12.7 Å². The van der Waals surface area contributed by atoms with Gasteiger partial charge in [-0.15, -0.1) is 6.58 Å². The van der Waals surface area contributed by atoms with Crippen LogP contribution in [-0.4, -0.2) is 58.3 Å². The van der Waals surface area contributed by atoms with Gasteiger partial charge in [0.2, 0.25) is 0 Å². The molecule has 0 spiro atoms. The van der Waals surface area contributed by atoms with E-state index in [9.17, 15) is 14.7 Å². The fourth-order valence-electron chi connectivity index (χ4n) is 1.62. The van der Waals surface area contributed by atoms with E-state index in [2.05, 4.69) is 13.2 Å². The Labute approximate surface area is 140 Å². The number of ether oxygens (including phenoxy) is 1. The highest BCUT2D eigenvalue weighted by atomic mass is 16.5. The predicted molar refractivity (Wildman–Crippen MR) is 88.0 cm³/mol. The number of rotatable bonds is 8. The van der Waals surface area contributed by atoms with Crippen LogP contribution in [0.1, 0.15) is 26.3 Å². The molecule has 0 unspecified atom stereocenters. The zero-order valence-electron chi connectivity index (χ0n) is 13.2. The minimum absolute atomic E-state index is 0.0357. The Balaban J connectivity index is 0.000000754. The maximum atomic E-state index is 11.7. The van der Waals surface area contributed by atoms with E-state index in [4.69, 9.17) is 20.1 Å². The fourth-order valence-corrected chi connectivity index (χ4v) is 1.62. The summed E-state index contributed by atoms with van der Waals surface area (Å²) in [6.07, 6.45) is 2.43. The molecule has 0 atom stereocenters. The Hall–Kier alpha value is -2.48. The molecule has 1 rings (SSSR count). The van der Waals surface area contributed by atoms with Crippen LogP contribution in [-0.2, 0) is 11.2 Å². The molecule has 132 valence electrons. The minimum atomic E-state index is -1.15. The van der Waals surface area contributed by atoms with E-state index in [0.29, 0.717) is 12.0 Å². The average Bonchev–Trinajstić information content (AvgIpc) is 2.59. The third-order valence-corrected chi connectivity index (χ3v) is 2.70. The van der Waals surface area contributed by atoms with Crippen LogP contribution in [0.5, 0.6) is 0 Å². The van der Waals surface area contributed by atoms with Gasteiger partial charge in [0.05, 0.1) is 24.3 Å². The van der Waals surface area contributed by atoms with Gasteiger partial charge in [-0.05, 0) is 18.1 Å². The predicted octanol–water partition coefficient (Wildman–Crippen LogP) is 0.788. The van der Waals surface area contributed by atoms with Crippen molar-refractivity contribution in [3.8, 4) is 0 Å². The molecule has 0 amide bonds. The number of aliphatic hydroxyl groups is 3. The highest BCUT2D eigenvalue weighted by Crippen LogP contribution is 2.17. The third kappa shape index (κ3) is 7.19. The monoisotopic (exact) mass is 338 g/mol. The molecule has 1 aromatic carbocycles. The Bertz CT molecular complexity index is 562. The van der Waals surface area contributed by atoms with Crippen molar-refractivity contribution >= 4 is 11.9 Å². The number of aliphatic hydroxyl groups excluding tert-OH is 3. The van der Waals surface area contributed by atoms with Gasteiger partial charge in [-0.25, -0.2) is 9.59 Å². The molecule has 24 heavy (non-hydrogen) atoms. The van der Waals surface area contributed by atoms with Crippen LogP contribution in [0.3, 0.4) is 0 Å². The number of esters is 1. The quantitative estimate of drug-likeness (QED) is 0.408. The molecule has 4 N–H and O–H groups in total. The lowest BCUT2D eigenvalue weighted by molar-refractivity contribution is 0.0450. The second-order valence-electron chi connectivity index (χ2n) is 4.54. The topological polar surface area (TPSA) is 124 Å². The van der Waals surface area contributed by atoms with Gasteiger partial charge in [-0.1, -0.05) is 30.9 Å². The van der Waals surface area contributed by atoms with Gasteiger partial charge in [0.25, 0.3) is 0 Å². The van der Waals surface area contributed by atoms with E-state index in [-0.39, 0.29) is 30.9 Å². The largest absolute Gasteiger partial charge is 0.478 e. The summed E-state index contributed by atoms with van der Waals surface area (Å²) in [5, 5.41) is 33.2. The van der Waals surface area contributed by atoms with Crippen molar-refractivity contribution in [1.29, 1.82) is 0 Å². The summed E-state index contributed by atoms with van der Waals surface area (Å²) in [4.78, 5) is 23.0. The van der Waals surface area contributed by atoms with Crippen LogP contribution < -0.4 is 0 Å². The average molecular weight is 338 g/mol. The van der Waals surface area contributed by atoms with Crippen LogP contribution in [0, 0.1) is 0 Å². The Kier molecular flexibility index (Phi) is 10.8. The van der Waals surface area contributed by atoms with Gasteiger partial charge in [0, 0.05) is 0 Å². The maximum Gasteiger partial charge on any atom is 0.339 e. The first-order valence-electron chi connectivity index (χ1n) is 7.06. The third-order valence-electron chi connectivity index (χ3n) is 2.70. The van der Waals surface area contributed by atoms with Crippen LogP contribution >= 0.6 is 0 Å². The summed E-state index contributed by atoms with van der Waals surface area (Å²) in [5.74, 6) is -1.82. The molecular formula is C17H22O7. The number of carboxylic acid groups (broad SMARTS) is 1. The highest BCUT2D eigenvalue weighted by Gasteiger charge is 2.20. The summed E-state index contributed by atoms with van der Waals surface area (Å²) in [7, 11) is 0. The van der Waals surface area contributed by atoms with Crippen molar-refractivity contribution in [2.75, 3.05) is 19.8 Å². The second kappa shape index (κ2) is 12.0. The number of aromatic carboxylic acids is 1. The fraction of sp³-hybridized carbons (Fsp3) is 0.294. The Morgan fingerprint density at radius 3 is 2.21 bits per heavy atom. The number of hydrogen-bond acceptors (Lipinski definition) is 6. The van der Waals surface area contributed by atoms with Crippen LogP contribution in [0.4, 0.5) is 0 Å². The number of hydrogen-bond donors (Lipinski definition) is 4. The molecule has 0 fully saturated rings. The number of benzene rings is 1. The number of carboxylic acids is 1. The van der Waals surface area contributed by atoms with E-state index in [1.54, 1.807) is 18.2 Å². The molecule has 7 heteroatoms. The van der Waals surface area contributed by atoms with Crippen molar-refractivity contribution in [3.05, 3.63) is 60.2 Å². The lowest BCUT2D eigenvalue weighted by Crippen LogP contribution is -2.15. The molecule has 0 aliphatic heterocycles. The first-order valence-corrected chi connectivity index (χ1v) is 7.06. The van der Waals surface area contributed by atoms with Gasteiger partial charge in [-0.2, -0.15) is 0 Å². The SMILES string of the molecule is C=CCOC(=O)c1cccc(CC=C)c1C(=O)O.OCC(O)CO. The van der Waals surface area contributed by atoms with Gasteiger partial charge in [-0.3, -0.25) is 0 Å². The molecule has 7 nitrogen and oxygen atoms in total. The molecule has 0 saturated carbocycles. The van der Waals surface area contributed by atoms with E-state index in [1.807, 2.05) is 0 Å². The summed E-state index contributed by atoms with van der Waals surface area (Å²) in [5.41, 5.74) is 0.542. The summed E-state index contributed by atoms with van der Waals surface area (Å²) >= 11 is 0. The summed E-state index contributed by atoms with van der Waals surface area (Å²) < 4.78 is 4.86. The zero-order valence-corrected chi connectivity index (χ0v) is 13.2. The Morgan fingerprint density at radius 2 is 1.79 bits per heavy atom. The summed E-state index contributed by atoms with van der Waals surface area (Å²) in [6, 6.07) is 4.70. The molecule has 0 aliphatic carbocycles. The van der Waals surface area contributed by atoms with Crippen LogP contribution in [0.15, 0.2) is 43.5 Å². The lowest BCUT2D eigenvalue weighted by Gasteiger charge is -2.09. The van der Waals surface area contributed by atoms with Crippen molar-refractivity contribution in [1.82, 2.24) is 0 Å². The Morgan fingerprint density at radius 1 is 1.17 bits per heavy atom. The van der Waals surface area contributed by atoms with Crippen LogP contribution in [0.25, 0.3) is 0 Å². The number of carbonyl (C=O) groups excluding carboxylic acids is 1. The lowest BCUT2D eigenvalue weighted by atomic mass is 9.99. The van der Waals surface area contributed by atoms with Gasteiger partial charge in [0.15, 0.2) is 0 Å². The minimum Gasteiger partial charge on any atom is -0.478 e. The molecule has 0 radical (unpaired) electrons. The van der Waals surface area contributed by atoms with Crippen molar-refractivity contribution in [2.45, 2.75) is 12.5 Å². The van der Waals surface area contributed by atoms with E-state index in [1.165, 1.54) is 12.1 Å². The number of allylic oxidation sites excluding steroid dienone is 1. The highest BCUT2D eigenvalue weighted by molar-refractivity contribution is 6.03. The van der Waals surface area contributed by atoms with E-state index >= 15 is 0 Å². The molecule has 0 aliphatic rings. The van der Waals surface area contributed by atoms with Crippen LogP contribution in [0.2, 0.25) is 0 Å². The molecule has 0 saturated heterocycles. The molecule has 1 aromatic rings. The van der Waals surface area contributed by atoms with E-state index in [0.717, 1.165) is 0 Å². The standard InChI is InChI=1S/C14H14O4.C3H8O3/c1-3-6-10-7-5-8-11(12(10)13(15)16)14(17)18-9-4-2;4-1-3(6)2-5/h3-5,7-8H,1-2,6,9H2,(H,15,16);3-6H,1-2H2. The first kappa shape index (κ1) is 21.5. The van der Waals surface area contributed by atoms with E-state index < -0.39 is 18.0 Å². The molecule has 0 aromatic heterocycles. The van der Waals surface area contributed by atoms with Gasteiger partial charge < -0.3 is 25.2 Å². The smallest absolute Gasteiger partial charge is 0.339 e. The van der Waals surface area contributed by atoms with Crippen molar-refractivity contribution < 1.29 is 34.8 Å². The van der Waals surface area contributed by atoms with Gasteiger partial charge >= 0.3 is 11.9 Å².